The molecule has 0 aromatic rings. The SMILES string of the molecule is ON1C=CC(N2CCNCC2)=CC1. The fraction of sp³-hybridized carbons (Fsp3) is 0.556. The van der Waals surface area contributed by atoms with Crippen molar-refractivity contribution in [2.75, 3.05) is 32.7 Å². The Morgan fingerprint density at radius 3 is 2.69 bits per heavy atom. The Kier molecular flexibility index (Phi) is 2.52. The molecule has 0 aliphatic carbocycles. The van der Waals surface area contributed by atoms with E-state index in [1.165, 1.54) is 10.8 Å². The van der Waals surface area contributed by atoms with Gasteiger partial charge in [-0.05, 0) is 12.2 Å². The molecule has 0 atom stereocenters. The third-order valence-corrected chi connectivity index (χ3v) is 2.39. The molecule has 0 spiro atoms. The van der Waals surface area contributed by atoms with Gasteiger partial charge in [0.15, 0.2) is 0 Å². The summed E-state index contributed by atoms with van der Waals surface area (Å²) in [7, 11) is 0. The lowest BCUT2D eigenvalue weighted by Crippen LogP contribution is -2.43. The Balaban J connectivity index is 1.96. The highest BCUT2D eigenvalue weighted by molar-refractivity contribution is 5.21. The van der Waals surface area contributed by atoms with E-state index in [4.69, 9.17) is 5.21 Å². The quantitative estimate of drug-likeness (QED) is 0.597. The zero-order valence-corrected chi connectivity index (χ0v) is 7.61. The van der Waals surface area contributed by atoms with Crippen LogP contribution < -0.4 is 5.32 Å². The second-order valence-electron chi connectivity index (χ2n) is 3.30. The summed E-state index contributed by atoms with van der Waals surface area (Å²) < 4.78 is 0. The van der Waals surface area contributed by atoms with Gasteiger partial charge in [0.2, 0.25) is 0 Å². The van der Waals surface area contributed by atoms with Gasteiger partial charge in [-0.25, -0.2) is 0 Å². The molecule has 1 saturated heterocycles. The summed E-state index contributed by atoms with van der Waals surface area (Å²) in [4.78, 5) is 2.33. The Bertz CT molecular complexity index is 231. The molecule has 0 aromatic heterocycles. The first kappa shape index (κ1) is 8.59. The van der Waals surface area contributed by atoms with E-state index < -0.39 is 0 Å². The first-order valence-electron chi connectivity index (χ1n) is 4.66. The lowest BCUT2D eigenvalue weighted by molar-refractivity contribution is -0.0313. The predicted octanol–water partition coefficient (Wildman–Crippen LogP) is -0.00600. The molecule has 0 unspecified atom stereocenters. The number of rotatable bonds is 1. The minimum atomic E-state index is 0.593. The molecule has 0 amide bonds. The van der Waals surface area contributed by atoms with Crippen LogP contribution in [0.4, 0.5) is 0 Å². The molecule has 2 heterocycles. The molecule has 2 rings (SSSR count). The van der Waals surface area contributed by atoms with E-state index in [9.17, 15) is 0 Å². The van der Waals surface area contributed by atoms with Crippen molar-refractivity contribution >= 4 is 0 Å². The van der Waals surface area contributed by atoms with Gasteiger partial charge in [0, 0.05) is 38.1 Å². The first-order chi connectivity index (χ1) is 6.36. The van der Waals surface area contributed by atoms with Crippen molar-refractivity contribution in [3.63, 3.8) is 0 Å². The highest BCUT2D eigenvalue weighted by atomic mass is 16.5. The number of hydrogen-bond acceptors (Lipinski definition) is 4. The zero-order chi connectivity index (χ0) is 9.10. The second kappa shape index (κ2) is 3.81. The van der Waals surface area contributed by atoms with Gasteiger partial charge in [-0.1, -0.05) is 0 Å². The Hall–Kier alpha value is -1.00. The monoisotopic (exact) mass is 181 g/mol. The maximum atomic E-state index is 9.10. The van der Waals surface area contributed by atoms with Crippen molar-refractivity contribution in [2.45, 2.75) is 0 Å². The van der Waals surface area contributed by atoms with Crippen LogP contribution in [0.1, 0.15) is 0 Å². The van der Waals surface area contributed by atoms with E-state index in [0.717, 1.165) is 26.2 Å². The normalized spacial score (nSPS) is 23.3. The van der Waals surface area contributed by atoms with Crippen LogP contribution in [0.3, 0.4) is 0 Å². The van der Waals surface area contributed by atoms with Gasteiger partial charge in [-0.3, -0.25) is 10.3 Å². The van der Waals surface area contributed by atoms with Crippen LogP contribution in [0.2, 0.25) is 0 Å². The first-order valence-corrected chi connectivity index (χ1v) is 4.66. The lowest BCUT2D eigenvalue weighted by Gasteiger charge is -2.32. The summed E-state index contributed by atoms with van der Waals surface area (Å²) in [5.74, 6) is 0. The van der Waals surface area contributed by atoms with E-state index in [-0.39, 0.29) is 0 Å². The molecular formula is C9H15N3O. The standard InChI is InChI=1S/C9H15N3O/c13-12-5-1-9(2-6-12)11-7-3-10-4-8-11/h1-2,5,10,13H,3-4,6-8H2. The second-order valence-corrected chi connectivity index (χ2v) is 3.30. The molecule has 2 aliphatic rings. The van der Waals surface area contributed by atoms with Crippen molar-refractivity contribution in [1.82, 2.24) is 15.3 Å². The highest BCUT2D eigenvalue weighted by Crippen LogP contribution is 2.11. The van der Waals surface area contributed by atoms with Crippen molar-refractivity contribution in [3.8, 4) is 0 Å². The van der Waals surface area contributed by atoms with Crippen LogP contribution >= 0.6 is 0 Å². The van der Waals surface area contributed by atoms with Crippen molar-refractivity contribution in [1.29, 1.82) is 0 Å². The van der Waals surface area contributed by atoms with Crippen molar-refractivity contribution in [2.24, 2.45) is 0 Å². The largest absolute Gasteiger partial charge is 0.369 e. The minimum Gasteiger partial charge on any atom is -0.369 e. The number of piperazine rings is 1. The summed E-state index contributed by atoms with van der Waals surface area (Å²) in [5.41, 5.74) is 1.23. The van der Waals surface area contributed by atoms with Gasteiger partial charge in [0.25, 0.3) is 0 Å². The number of hydrogen-bond donors (Lipinski definition) is 2. The molecule has 0 radical (unpaired) electrons. The summed E-state index contributed by atoms with van der Waals surface area (Å²) in [5, 5.41) is 13.6. The number of allylic oxidation sites excluding steroid dienone is 1. The van der Waals surface area contributed by atoms with Crippen LogP contribution in [-0.4, -0.2) is 47.9 Å². The molecule has 72 valence electrons. The fourth-order valence-corrected chi connectivity index (χ4v) is 1.64. The highest BCUT2D eigenvalue weighted by Gasteiger charge is 2.12. The van der Waals surface area contributed by atoms with E-state index in [1.807, 2.05) is 12.2 Å². The smallest absolute Gasteiger partial charge is 0.0650 e. The van der Waals surface area contributed by atoms with Crippen LogP contribution in [0.15, 0.2) is 24.0 Å². The zero-order valence-electron chi connectivity index (χ0n) is 7.61. The molecule has 0 aromatic carbocycles. The summed E-state index contributed by atoms with van der Waals surface area (Å²) >= 11 is 0. The summed E-state index contributed by atoms with van der Waals surface area (Å²) in [6.07, 6.45) is 5.71. The van der Waals surface area contributed by atoms with Crippen molar-refractivity contribution in [3.05, 3.63) is 24.0 Å². The van der Waals surface area contributed by atoms with Gasteiger partial charge in [0.1, 0.15) is 0 Å². The maximum Gasteiger partial charge on any atom is 0.0650 e. The van der Waals surface area contributed by atoms with E-state index >= 15 is 0 Å². The number of nitrogens with zero attached hydrogens (tertiary/aromatic N) is 2. The Labute approximate surface area is 78.1 Å². The molecule has 2 aliphatic heterocycles. The molecule has 0 saturated carbocycles. The van der Waals surface area contributed by atoms with E-state index in [0.29, 0.717) is 6.54 Å². The maximum absolute atomic E-state index is 9.10. The molecular weight excluding hydrogens is 166 g/mol. The molecule has 0 bridgehead atoms. The number of nitrogens with one attached hydrogen (secondary N) is 1. The third-order valence-electron chi connectivity index (χ3n) is 2.39. The summed E-state index contributed by atoms with van der Waals surface area (Å²) in [6.45, 7) is 4.81. The predicted molar refractivity (Wildman–Crippen MR) is 50.2 cm³/mol. The van der Waals surface area contributed by atoms with Crippen LogP contribution in [-0.2, 0) is 0 Å². The van der Waals surface area contributed by atoms with Gasteiger partial charge in [-0.2, -0.15) is 0 Å². The third kappa shape index (κ3) is 2.02. The van der Waals surface area contributed by atoms with Gasteiger partial charge >= 0.3 is 0 Å². The molecule has 4 nitrogen and oxygen atoms in total. The van der Waals surface area contributed by atoms with Crippen LogP contribution in [0, 0.1) is 0 Å². The number of hydroxylamine groups is 2. The molecule has 13 heavy (non-hydrogen) atoms. The Morgan fingerprint density at radius 1 is 1.31 bits per heavy atom. The van der Waals surface area contributed by atoms with Crippen LogP contribution in [0.5, 0.6) is 0 Å². The average Bonchev–Trinajstić information content (AvgIpc) is 2.20. The molecule has 2 N–H and O–H groups in total. The lowest BCUT2D eigenvalue weighted by atomic mass is 10.2. The van der Waals surface area contributed by atoms with Crippen molar-refractivity contribution < 1.29 is 5.21 Å². The molecule has 1 fully saturated rings. The summed E-state index contributed by atoms with van der Waals surface area (Å²) in [6, 6.07) is 0. The van der Waals surface area contributed by atoms with E-state index in [2.05, 4.69) is 10.2 Å². The minimum absolute atomic E-state index is 0.593. The van der Waals surface area contributed by atoms with Crippen LogP contribution in [0.25, 0.3) is 0 Å². The van der Waals surface area contributed by atoms with Gasteiger partial charge < -0.3 is 10.2 Å². The van der Waals surface area contributed by atoms with Gasteiger partial charge in [0.05, 0.1) is 6.54 Å². The fourth-order valence-electron chi connectivity index (χ4n) is 1.64. The topological polar surface area (TPSA) is 38.7 Å². The van der Waals surface area contributed by atoms with Gasteiger partial charge in [-0.15, -0.1) is 0 Å². The Morgan fingerprint density at radius 2 is 2.08 bits per heavy atom. The van der Waals surface area contributed by atoms with E-state index in [1.54, 1.807) is 6.20 Å². The molecule has 4 heteroatoms. The average molecular weight is 181 g/mol.